The number of piperidine rings is 1. The number of hydrogen-bond acceptors (Lipinski definition) is 5. The van der Waals surface area contributed by atoms with Gasteiger partial charge in [-0.3, -0.25) is 9.59 Å². The first kappa shape index (κ1) is 22.2. The number of amides is 2. The Kier molecular flexibility index (Phi) is 6.72. The second kappa shape index (κ2) is 9.67. The lowest BCUT2D eigenvalue weighted by Crippen LogP contribution is -2.39. The van der Waals surface area contributed by atoms with Gasteiger partial charge in [-0.2, -0.15) is 0 Å². The molecule has 1 aromatic heterocycles. The number of benzene rings is 1. The van der Waals surface area contributed by atoms with Crippen LogP contribution in [0.15, 0.2) is 24.3 Å². The molecule has 0 aliphatic carbocycles. The maximum Gasteiger partial charge on any atom is 0.254 e. The van der Waals surface area contributed by atoms with Crippen molar-refractivity contribution in [3.8, 4) is 5.75 Å². The second-order valence-corrected chi connectivity index (χ2v) is 8.82. The van der Waals surface area contributed by atoms with Crippen LogP contribution in [0.3, 0.4) is 0 Å². The van der Waals surface area contributed by atoms with E-state index in [4.69, 9.17) is 14.7 Å². The molecule has 7 nitrogen and oxygen atoms in total. The number of aryl methyl sites for hydroxylation is 2. The van der Waals surface area contributed by atoms with E-state index in [2.05, 4.69) is 0 Å². The van der Waals surface area contributed by atoms with Gasteiger partial charge in [0, 0.05) is 54.6 Å². The fraction of sp³-hybridized carbons (Fsp3) is 0.520. The number of likely N-dealkylation sites (tertiary alicyclic amines) is 2. The minimum Gasteiger partial charge on any atom is -0.497 e. The van der Waals surface area contributed by atoms with E-state index >= 15 is 0 Å². The van der Waals surface area contributed by atoms with Crippen LogP contribution in [0.1, 0.15) is 64.7 Å². The zero-order chi connectivity index (χ0) is 22.7. The molecule has 0 spiro atoms. The summed E-state index contributed by atoms with van der Waals surface area (Å²) in [5, 5.41) is 0. The van der Waals surface area contributed by atoms with Gasteiger partial charge >= 0.3 is 0 Å². The van der Waals surface area contributed by atoms with E-state index in [9.17, 15) is 9.59 Å². The monoisotopic (exact) mass is 436 g/mol. The summed E-state index contributed by atoms with van der Waals surface area (Å²) in [6.45, 7) is 6.97. The third kappa shape index (κ3) is 4.76. The van der Waals surface area contributed by atoms with E-state index in [1.54, 1.807) is 13.2 Å². The summed E-state index contributed by atoms with van der Waals surface area (Å²) in [5.41, 5.74) is 3.31. The molecule has 4 rings (SSSR count). The SMILES string of the molecule is COc1cccc(C(=O)N2CCCC(c3nc(C)c(CC(=O)N4CCCC4)c(C)n3)C2)c1. The highest BCUT2D eigenvalue weighted by atomic mass is 16.5. The smallest absolute Gasteiger partial charge is 0.254 e. The molecule has 0 saturated carbocycles. The molecule has 1 aromatic carbocycles. The zero-order valence-corrected chi connectivity index (χ0v) is 19.3. The van der Waals surface area contributed by atoms with Crippen LogP contribution >= 0.6 is 0 Å². The Balaban J connectivity index is 1.48. The topological polar surface area (TPSA) is 75.6 Å². The second-order valence-electron chi connectivity index (χ2n) is 8.82. The molecule has 2 amide bonds. The number of methoxy groups -OCH3 is 1. The maximum atomic E-state index is 13.1. The van der Waals surface area contributed by atoms with Crippen molar-refractivity contribution >= 4 is 11.8 Å². The molecule has 2 aliphatic heterocycles. The van der Waals surface area contributed by atoms with E-state index in [0.717, 1.165) is 68.1 Å². The van der Waals surface area contributed by atoms with Gasteiger partial charge in [-0.15, -0.1) is 0 Å². The molecule has 1 unspecified atom stereocenters. The number of nitrogens with zero attached hydrogens (tertiary/aromatic N) is 4. The molecule has 1 atom stereocenters. The molecule has 32 heavy (non-hydrogen) atoms. The molecular formula is C25H32N4O3. The molecule has 0 N–H and O–H groups in total. The Hall–Kier alpha value is -2.96. The largest absolute Gasteiger partial charge is 0.497 e. The molecule has 7 heteroatoms. The lowest BCUT2D eigenvalue weighted by Gasteiger charge is -2.32. The number of carbonyl (C=O) groups is 2. The summed E-state index contributed by atoms with van der Waals surface area (Å²) in [4.78, 5) is 39.1. The Morgan fingerprint density at radius 2 is 1.72 bits per heavy atom. The van der Waals surface area contributed by atoms with Crippen LogP contribution in [0.5, 0.6) is 5.75 Å². The lowest BCUT2D eigenvalue weighted by atomic mass is 9.95. The third-order valence-electron chi connectivity index (χ3n) is 6.62. The van der Waals surface area contributed by atoms with E-state index < -0.39 is 0 Å². The molecule has 0 radical (unpaired) electrons. The predicted molar refractivity (Wildman–Crippen MR) is 122 cm³/mol. The number of aromatic nitrogens is 2. The minimum atomic E-state index is 0.00914. The minimum absolute atomic E-state index is 0.00914. The van der Waals surface area contributed by atoms with E-state index in [1.807, 2.05) is 41.8 Å². The number of rotatable bonds is 5. The highest BCUT2D eigenvalue weighted by Gasteiger charge is 2.28. The first-order valence-electron chi connectivity index (χ1n) is 11.5. The van der Waals surface area contributed by atoms with Gasteiger partial charge in [0.1, 0.15) is 11.6 Å². The molecule has 2 aliphatic rings. The fourth-order valence-corrected chi connectivity index (χ4v) is 4.74. The van der Waals surface area contributed by atoms with Gasteiger partial charge in [0.05, 0.1) is 13.5 Å². The fourth-order valence-electron chi connectivity index (χ4n) is 4.74. The van der Waals surface area contributed by atoms with Gasteiger partial charge in [0.2, 0.25) is 5.91 Å². The molecule has 2 fully saturated rings. The van der Waals surface area contributed by atoms with E-state index in [0.29, 0.717) is 24.3 Å². The first-order chi connectivity index (χ1) is 15.5. The lowest BCUT2D eigenvalue weighted by molar-refractivity contribution is -0.129. The summed E-state index contributed by atoms with van der Waals surface area (Å²) in [7, 11) is 1.60. The van der Waals surface area contributed by atoms with Gasteiger partial charge in [-0.25, -0.2) is 9.97 Å². The van der Waals surface area contributed by atoms with Crippen molar-refractivity contribution < 1.29 is 14.3 Å². The average Bonchev–Trinajstić information content (AvgIpc) is 3.36. The standard InChI is InChI=1S/C25H32N4O3/c1-17-22(15-23(30)28-11-4-5-12-28)18(2)27-24(26-17)20-9-7-13-29(16-20)25(31)19-8-6-10-21(14-19)32-3/h6,8,10,14,20H,4-5,7,9,11-13,15-16H2,1-3H3. The van der Waals surface area contributed by atoms with Gasteiger partial charge in [-0.05, 0) is 57.7 Å². The average molecular weight is 437 g/mol. The summed E-state index contributed by atoms with van der Waals surface area (Å²) in [6.07, 6.45) is 4.41. The van der Waals surface area contributed by atoms with Crippen molar-refractivity contribution in [3.63, 3.8) is 0 Å². The van der Waals surface area contributed by atoms with Crippen LogP contribution in [0, 0.1) is 13.8 Å². The highest BCUT2D eigenvalue weighted by molar-refractivity contribution is 5.94. The number of ether oxygens (including phenoxy) is 1. The molecule has 2 aromatic rings. The van der Waals surface area contributed by atoms with Crippen molar-refractivity contribution in [2.45, 2.75) is 51.9 Å². The summed E-state index contributed by atoms with van der Waals surface area (Å²) < 4.78 is 5.26. The third-order valence-corrected chi connectivity index (χ3v) is 6.62. The molecule has 0 bridgehead atoms. The van der Waals surface area contributed by atoms with E-state index in [-0.39, 0.29) is 17.7 Å². The van der Waals surface area contributed by atoms with Crippen molar-refractivity contribution in [3.05, 3.63) is 52.6 Å². The van der Waals surface area contributed by atoms with Crippen LogP contribution in [-0.2, 0) is 11.2 Å². The van der Waals surface area contributed by atoms with Gasteiger partial charge in [0.15, 0.2) is 0 Å². The van der Waals surface area contributed by atoms with E-state index in [1.165, 1.54) is 0 Å². The molecule has 3 heterocycles. The molecule has 170 valence electrons. The Morgan fingerprint density at radius 3 is 2.41 bits per heavy atom. The van der Waals surface area contributed by atoms with Gasteiger partial charge in [-0.1, -0.05) is 6.07 Å². The van der Waals surface area contributed by atoms with Crippen LogP contribution < -0.4 is 4.74 Å². The zero-order valence-electron chi connectivity index (χ0n) is 19.3. The van der Waals surface area contributed by atoms with Crippen LogP contribution in [-0.4, -0.2) is 64.9 Å². The summed E-state index contributed by atoms with van der Waals surface area (Å²) in [6, 6.07) is 7.28. The normalized spacial score (nSPS) is 18.7. The Morgan fingerprint density at radius 1 is 1.03 bits per heavy atom. The van der Waals surface area contributed by atoms with Gasteiger partial charge in [0.25, 0.3) is 5.91 Å². The van der Waals surface area contributed by atoms with Crippen molar-refractivity contribution in [2.75, 3.05) is 33.3 Å². The van der Waals surface area contributed by atoms with Crippen LogP contribution in [0.4, 0.5) is 0 Å². The Labute approximate surface area is 189 Å². The van der Waals surface area contributed by atoms with Crippen molar-refractivity contribution in [2.24, 2.45) is 0 Å². The Bertz CT molecular complexity index is 977. The summed E-state index contributed by atoms with van der Waals surface area (Å²) >= 11 is 0. The summed E-state index contributed by atoms with van der Waals surface area (Å²) in [5.74, 6) is 1.73. The maximum absolute atomic E-state index is 13.1. The molecular weight excluding hydrogens is 404 g/mol. The quantitative estimate of drug-likeness (QED) is 0.719. The predicted octanol–water partition coefficient (Wildman–Crippen LogP) is 3.29. The first-order valence-corrected chi connectivity index (χ1v) is 11.5. The number of carbonyl (C=O) groups excluding carboxylic acids is 2. The number of hydrogen-bond donors (Lipinski definition) is 0. The van der Waals surface area contributed by atoms with Gasteiger partial charge < -0.3 is 14.5 Å². The van der Waals surface area contributed by atoms with Crippen LogP contribution in [0.2, 0.25) is 0 Å². The van der Waals surface area contributed by atoms with Crippen molar-refractivity contribution in [1.29, 1.82) is 0 Å². The van der Waals surface area contributed by atoms with Crippen molar-refractivity contribution in [1.82, 2.24) is 19.8 Å². The molecule has 2 saturated heterocycles. The highest BCUT2D eigenvalue weighted by Crippen LogP contribution is 2.28. The van der Waals surface area contributed by atoms with Crippen LogP contribution in [0.25, 0.3) is 0 Å².